The average molecular weight is 437 g/mol. The van der Waals surface area contributed by atoms with Crippen LogP contribution in [0.2, 0.25) is 5.02 Å². The molecule has 10 heteroatoms. The first-order valence-corrected chi connectivity index (χ1v) is 9.67. The van der Waals surface area contributed by atoms with E-state index in [1.165, 1.54) is 23.0 Å². The maximum absolute atomic E-state index is 12.8. The molecule has 0 unspecified atom stereocenters. The van der Waals surface area contributed by atoms with E-state index in [9.17, 15) is 14.9 Å². The van der Waals surface area contributed by atoms with Gasteiger partial charge in [0.25, 0.3) is 11.6 Å². The van der Waals surface area contributed by atoms with Crippen LogP contribution in [0.25, 0.3) is 5.69 Å². The van der Waals surface area contributed by atoms with Gasteiger partial charge in [-0.15, -0.1) is 0 Å². The number of anilines is 1. The molecule has 0 radical (unpaired) electrons. The molecule has 0 saturated carbocycles. The number of hydrogen-bond acceptors (Lipinski definition) is 5. The normalized spacial score (nSPS) is 10.8. The number of aryl methyl sites for hydroxylation is 1. The van der Waals surface area contributed by atoms with E-state index in [2.05, 4.69) is 15.5 Å². The highest BCUT2D eigenvalue weighted by molar-refractivity contribution is 6.31. The zero-order valence-electron chi connectivity index (χ0n) is 16.4. The number of rotatable bonds is 6. The summed E-state index contributed by atoms with van der Waals surface area (Å²) in [5.41, 5.74) is 2.52. The van der Waals surface area contributed by atoms with Crippen LogP contribution in [0.4, 0.5) is 11.5 Å². The number of benzene rings is 2. The van der Waals surface area contributed by atoms with Crippen LogP contribution in [0.3, 0.4) is 0 Å². The summed E-state index contributed by atoms with van der Waals surface area (Å²) >= 11 is 6.19. The molecule has 0 atom stereocenters. The lowest BCUT2D eigenvalue weighted by atomic mass is 10.2. The first kappa shape index (κ1) is 20.3. The van der Waals surface area contributed by atoms with Gasteiger partial charge in [0.15, 0.2) is 0 Å². The van der Waals surface area contributed by atoms with Crippen molar-refractivity contribution in [1.29, 1.82) is 0 Å². The molecule has 156 valence electrons. The Bertz CT molecular complexity index is 1260. The minimum Gasteiger partial charge on any atom is -0.306 e. The zero-order chi connectivity index (χ0) is 22.0. The van der Waals surface area contributed by atoms with E-state index in [1.54, 1.807) is 42.1 Å². The number of nitrogens with zero attached hydrogens (tertiary/aromatic N) is 5. The molecule has 0 spiro atoms. The maximum atomic E-state index is 12.8. The van der Waals surface area contributed by atoms with Crippen molar-refractivity contribution in [1.82, 2.24) is 19.6 Å². The van der Waals surface area contributed by atoms with E-state index < -0.39 is 4.92 Å². The van der Waals surface area contributed by atoms with Crippen molar-refractivity contribution >= 4 is 29.0 Å². The number of nitro groups is 1. The summed E-state index contributed by atoms with van der Waals surface area (Å²) in [5.74, 6) is 0.0867. The third-order valence-electron chi connectivity index (χ3n) is 4.56. The minimum absolute atomic E-state index is 0.0239. The zero-order valence-corrected chi connectivity index (χ0v) is 17.2. The predicted octanol–water partition coefficient (Wildman–Crippen LogP) is 4.24. The first-order valence-electron chi connectivity index (χ1n) is 9.29. The van der Waals surface area contributed by atoms with E-state index in [1.807, 2.05) is 18.2 Å². The minimum atomic E-state index is -0.471. The summed E-state index contributed by atoms with van der Waals surface area (Å²) < 4.78 is 3.15. The molecule has 4 aromatic rings. The number of hydrogen-bond donors (Lipinski definition) is 1. The lowest BCUT2D eigenvalue weighted by Gasteiger charge is -2.08. The average Bonchev–Trinajstić information content (AvgIpc) is 3.36. The number of aromatic nitrogens is 4. The van der Waals surface area contributed by atoms with Crippen molar-refractivity contribution < 1.29 is 9.72 Å². The van der Waals surface area contributed by atoms with E-state index in [0.29, 0.717) is 34.3 Å². The van der Waals surface area contributed by atoms with Gasteiger partial charge in [-0.3, -0.25) is 19.6 Å². The molecular formula is C21H17ClN6O3. The van der Waals surface area contributed by atoms with Crippen LogP contribution in [0.5, 0.6) is 0 Å². The Balaban J connectivity index is 1.52. The SMILES string of the molecule is Cc1cc(NC(=O)c2cnn(Cc3ccccc3Cl)c2)n(-c2ccc([N+](=O)[O-])cc2)n1. The Morgan fingerprint density at radius 1 is 1.19 bits per heavy atom. The molecule has 4 rings (SSSR count). The van der Waals surface area contributed by atoms with Gasteiger partial charge in [-0.2, -0.15) is 10.2 Å². The Morgan fingerprint density at radius 3 is 2.65 bits per heavy atom. The molecule has 9 nitrogen and oxygen atoms in total. The molecule has 0 fully saturated rings. The Morgan fingerprint density at radius 2 is 1.94 bits per heavy atom. The number of nitrogens with one attached hydrogen (secondary N) is 1. The maximum Gasteiger partial charge on any atom is 0.269 e. The molecule has 0 bridgehead atoms. The molecule has 31 heavy (non-hydrogen) atoms. The standard InChI is InChI=1S/C21H17ClN6O3/c1-14-10-20(27(25-14)17-6-8-18(9-7-17)28(30)31)24-21(29)16-11-23-26(13-16)12-15-4-2-3-5-19(15)22/h2-11,13H,12H2,1H3,(H,24,29). The molecular weight excluding hydrogens is 420 g/mol. The summed E-state index contributed by atoms with van der Waals surface area (Å²) in [6, 6.07) is 15.1. The molecule has 0 saturated heterocycles. The number of carbonyl (C=O) groups is 1. The Kier molecular flexibility index (Phi) is 5.50. The predicted molar refractivity (Wildman–Crippen MR) is 116 cm³/mol. The highest BCUT2D eigenvalue weighted by Gasteiger charge is 2.15. The third kappa shape index (κ3) is 4.46. The highest BCUT2D eigenvalue weighted by atomic mass is 35.5. The molecule has 1 amide bonds. The van der Waals surface area contributed by atoms with Gasteiger partial charge in [-0.25, -0.2) is 4.68 Å². The quantitative estimate of drug-likeness (QED) is 0.359. The van der Waals surface area contributed by atoms with Gasteiger partial charge < -0.3 is 5.32 Å². The van der Waals surface area contributed by atoms with Crippen molar-refractivity contribution in [3.8, 4) is 5.69 Å². The molecule has 1 N–H and O–H groups in total. The topological polar surface area (TPSA) is 108 Å². The van der Waals surface area contributed by atoms with Crippen molar-refractivity contribution in [2.24, 2.45) is 0 Å². The summed E-state index contributed by atoms with van der Waals surface area (Å²) in [7, 11) is 0. The van der Waals surface area contributed by atoms with E-state index in [-0.39, 0.29) is 11.6 Å². The van der Waals surface area contributed by atoms with Crippen LogP contribution in [0.15, 0.2) is 67.0 Å². The Labute approximate surface area is 182 Å². The largest absolute Gasteiger partial charge is 0.306 e. The molecule has 2 aromatic heterocycles. The molecule has 2 heterocycles. The van der Waals surface area contributed by atoms with E-state index in [4.69, 9.17) is 11.6 Å². The van der Waals surface area contributed by atoms with Gasteiger partial charge >= 0.3 is 0 Å². The fourth-order valence-electron chi connectivity index (χ4n) is 3.06. The lowest BCUT2D eigenvalue weighted by molar-refractivity contribution is -0.384. The lowest BCUT2D eigenvalue weighted by Crippen LogP contribution is -2.14. The number of halogens is 1. The van der Waals surface area contributed by atoms with E-state index in [0.717, 1.165) is 5.56 Å². The summed E-state index contributed by atoms with van der Waals surface area (Å²) in [6.45, 7) is 2.23. The number of non-ortho nitro benzene ring substituents is 1. The number of amides is 1. The molecule has 0 aliphatic rings. The summed E-state index contributed by atoms with van der Waals surface area (Å²) in [6.07, 6.45) is 3.11. The molecule has 0 aliphatic carbocycles. The summed E-state index contributed by atoms with van der Waals surface area (Å²) in [4.78, 5) is 23.2. The molecule has 2 aromatic carbocycles. The van der Waals surface area contributed by atoms with Crippen LogP contribution >= 0.6 is 11.6 Å². The Hall–Kier alpha value is -3.98. The molecule has 0 aliphatic heterocycles. The van der Waals surface area contributed by atoms with Crippen molar-refractivity contribution in [3.05, 3.63) is 98.9 Å². The van der Waals surface area contributed by atoms with Crippen molar-refractivity contribution in [3.63, 3.8) is 0 Å². The van der Waals surface area contributed by atoms with Gasteiger partial charge in [-0.05, 0) is 30.7 Å². The van der Waals surface area contributed by atoms with Crippen LogP contribution in [0, 0.1) is 17.0 Å². The van der Waals surface area contributed by atoms with Gasteiger partial charge in [0.05, 0.1) is 34.6 Å². The smallest absolute Gasteiger partial charge is 0.269 e. The van der Waals surface area contributed by atoms with Crippen LogP contribution in [-0.4, -0.2) is 30.4 Å². The number of nitro benzene ring substituents is 1. The second-order valence-corrected chi connectivity index (χ2v) is 7.24. The van der Waals surface area contributed by atoms with Gasteiger partial charge in [0.1, 0.15) is 5.82 Å². The van der Waals surface area contributed by atoms with Crippen LogP contribution in [-0.2, 0) is 6.54 Å². The first-order chi connectivity index (χ1) is 14.9. The van der Waals surface area contributed by atoms with Gasteiger partial charge in [0.2, 0.25) is 0 Å². The second kappa shape index (κ2) is 8.41. The number of carbonyl (C=O) groups excluding carboxylic acids is 1. The third-order valence-corrected chi connectivity index (χ3v) is 4.93. The van der Waals surface area contributed by atoms with E-state index >= 15 is 0 Å². The fraction of sp³-hybridized carbons (Fsp3) is 0.0952. The monoisotopic (exact) mass is 436 g/mol. The van der Waals surface area contributed by atoms with Gasteiger partial charge in [0, 0.05) is 29.4 Å². The fourth-order valence-corrected chi connectivity index (χ4v) is 3.25. The van der Waals surface area contributed by atoms with Gasteiger partial charge in [-0.1, -0.05) is 29.8 Å². The van der Waals surface area contributed by atoms with Crippen LogP contribution < -0.4 is 5.32 Å². The second-order valence-electron chi connectivity index (χ2n) is 6.83. The van der Waals surface area contributed by atoms with Crippen molar-refractivity contribution in [2.45, 2.75) is 13.5 Å². The van der Waals surface area contributed by atoms with Crippen LogP contribution in [0.1, 0.15) is 21.6 Å². The van der Waals surface area contributed by atoms with Crippen molar-refractivity contribution in [2.75, 3.05) is 5.32 Å². The highest BCUT2D eigenvalue weighted by Crippen LogP contribution is 2.21. The summed E-state index contributed by atoms with van der Waals surface area (Å²) in [5, 5.41) is 22.9.